The lowest BCUT2D eigenvalue weighted by Gasteiger charge is -2.38. The van der Waals surface area contributed by atoms with Gasteiger partial charge in [-0.05, 0) is 31.0 Å². The van der Waals surface area contributed by atoms with E-state index >= 15 is 0 Å². The Morgan fingerprint density at radius 3 is 2.87 bits per heavy atom. The minimum absolute atomic E-state index is 0.303. The molecule has 2 aliphatic rings. The first-order valence-electron chi connectivity index (χ1n) is 10.9. The molecule has 0 aliphatic carbocycles. The summed E-state index contributed by atoms with van der Waals surface area (Å²) in [6.45, 7) is 8.87. The first-order chi connectivity index (χ1) is 15.1. The van der Waals surface area contributed by atoms with Crippen LogP contribution in [-0.2, 0) is 11.2 Å². The molecule has 3 aromatic rings. The van der Waals surface area contributed by atoms with E-state index in [0.717, 1.165) is 50.8 Å². The molecule has 1 fully saturated rings. The summed E-state index contributed by atoms with van der Waals surface area (Å²) in [6, 6.07) is 6.99. The Balaban J connectivity index is 1.25. The Morgan fingerprint density at radius 1 is 1.23 bits per heavy atom. The Morgan fingerprint density at radius 2 is 2.06 bits per heavy atom. The quantitative estimate of drug-likeness (QED) is 0.587. The first kappa shape index (κ1) is 19.8. The number of imidazole rings is 1. The number of benzene rings is 1. The molecule has 0 spiro atoms. The van der Waals surface area contributed by atoms with Crippen molar-refractivity contribution in [3.05, 3.63) is 53.6 Å². The summed E-state index contributed by atoms with van der Waals surface area (Å²) in [4.78, 5) is 25.6. The zero-order chi connectivity index (χ0) is 21.4. The average Bonchev–Trinajstić information content (AvgIpc) is 3.44. The van der Waals surface area contributed by atoms with Crippen LogP contribution >= 0.6 is 0 Å². The van der Waals surface area contributed by atoms with Crippen molar-refractivity contribution in [2.45, 2.75) is 26.3 Å². The van der Waals surface area contributed by atoms with Gasteiger partial charge in [0.1, 0.15) is 11.6 Å². The van der Waals surface area contributed by atoms with Crippen molar-refractivity contribution in [2.75, 3.05) is 44.3 Å². The second-order valence-electron chi connectivity index (χ2n) is 8.02. The number of nitrogens with zero attached hydrogens (tertiary/aromatic N) is 5. The monoisotopic (exact) mass is 421 g/mol. The molecule has 31 heavy (non-hydrogen) atoms. The van der Waals surface area contributed by atoms with E-state index in [1.165, 1.54) is 11.1 Å². The molecule has 1 saturated heterocycles. The van der Waals surface area contributed by atoms with Gasteiger partial charge < -0.3 is 18.8 Å². The summed E-state index contributed by atoms with van der Waals surface area (Å²) in [5.41, 5.74) is 3.56. The van der Waals surface area contributed by atoms with Crippen LogP contribution in [0.25, 0.3) is 5.65 Å². The maximum Gasteiger partial charge on any atom is 0.358 e. The Kier molecular flexibility index (Phi) is 5.23. The number of aromatic nitrogens is 3. The van der Waals surface area contributed by atoms with Crippen LogP contribution in [0.15, 0.2) is 36.8 Å². The normalized spacial score (nSPS) is 17.4. The number of carbonyl (C=O) groups is 1. The van der Waals surface area contributed by atoms with E-state index in [4.69, 9.17) is 9.47 Å². The van der Waals surface area contributed by atoms with Crippen LogP contribution in [0.4, 0.5) is 5.82 Å². The van der Waals surface area contributed by atoms with Gasteiger partial charge >= 0.3 is 5.97 Å². The molecule has 2 aromatic heterocycles. The number of hydrogen-bond acceptors (Lipinski definition) is 7. The molecule has 0 saturated carbocycles. The van der Waals surface area contributed by atoms with Crippen LogP contribution in [0.5, 0.6) is 5.75 Å². The fourth-order valence-corrected chi connectivity index (χ4v) is 4.35. The van der Waals surface area contributed by atoms with Crippen molar-refractivity contribution in [3.8, 4) is 5.75 Å². The van der Waals surface area contributed by atoms with Crippen LogP contribution < -0.4 is 9.64 Å². The molecule has 8 heteroatoms. The zero-order valence-corrected chi connectivity index (χ0v) is 18.0. The molecule has 0 N–H and O–H groups in total. The van der Waals surface area contributed by atoms with E-state index in [1.807, 2.05) is 10.6 Å². The van der Waals surface area contributed by atoms with Gasteiger partial charge in [0.2, 0.25) is 0 Å². The van der Waals surface area contributed by atoms with Crippen LogP contribution in [0.3, 0.4) is 0 Å². The molecule has 2 aliphatic heterocycles. The van der Waals surface area contributed by atoms with Gasteiger partial charge in [0.05, 0.1) is 25.6 Å². The van der Waals surface area contributed by atoms with Crippen molar-refractivity contribution in [1.82, 2.24) is 19.3 Å². The van der Waals surface area contributed by atoms with E-state index in [1.54, 1.807) is 19.3 Å². The van der Waals surface area contributed by atoms with Crippen LogP contribution in [0, 0.1) is 0 Å². The fourth-order valence-electron chi connectivity index (χ4n) is 4.35. The number of hydrogen-bond donors (Lipinski definition) is 0. The minimum atomic E-state index is -0.410. The number of carbonyl (C=O) groups excluding carboxylic acids is 1. The van der Waals surface area contributed by atoms with Gasteiger partial charge in [-0.1, -0.05) is 12.1 Å². The molecule has 0 radical (unpaired) electrons. The Bertz CT molecular complexity index is 1100. The van der Waals surface area contributed by atoms with Crippen LogP contribution in [-0.4, -0.2) is 64.6 Å². The molecule has 0 amide bonds. The van der Waals surface area contributed by atoms with Crippen molar-refractivity contribution in [2.24, 2.45) is 0 Å². The largest absolute Gasteiger partial charge is 0.493 e. The molecule has 4 heterocycles. The molecule has 5 rings (SSSR count). The Labute approximate surface area is 181 Å². The SMILES string of the molecule is CCOC(=O)c1cn2cc(N3CCN(C(C)c4ccc5c(c4)OCC5)CC3)ncc2n1. The average molecular weight is 422 g/mol. The van der Waals surface area contributed by atoms with Gasteiger partial charge in [0.15, 0.2) is 11.3 Å². The smallest absolute Gasteiger partial charge is 0.358 e. The number of anilines is 1. The molecule has 1 atom stereocenters. The van der Waals surface area contributed by atoms with Crippen molar-refractivity contribution >= 4 is 17.4 Å². The number of piperazine rings is 1. The predicted octanol–water partition coefficient (Wildman–Crippen LogP) is 2.72. The third-order valence-corrected chi connectivity index (χ3v) is 6.20. The maximum atomic E-state index is 11.9. The molecular weight excluding hydrogens is 394 g/mol. The lowest BCUT2D eigenvalue weighted by Crippen LogP contribution is -2.47. The molecule has 0 bridgehead atoms. The van der Waals surface area contributed by atoms with E-state index in [2.05, 4.69) is 44.9 Å². The van der Waals surface area contributed by atoms with Crippen molar-refractivity contribution in [1.29, 1.82) is 0 Å². The van der Waals surface area contributed by atoms with E-state index in [-0.39, 0.29) is 0 Å². The highest BCUT2D eigenvalue weighted by Crippen LogP contribution is 2.31. The van der Waals surface area contributed by atoms with Crippen molar-refractivity contribution < 1.29 is 14.3 Å². The molecular formula is C23H27N5O3. The molecule has 1 unspecified atom stereocenters. The maximum absolute atomic E-state index is 11.9. The van der Waals surface area contributed by atoms with E-state index in [0.29, 0.717) is 24.0 Å². The third-order valence-electron chi connectivity index (χ3n) is 6.20. The van der Waals surface area contributed by atoms with Crippen LogP contribution in [0.2, 0.25) is 0 Å². The first-order valence-corrected chi connectivity index (χ1v) is 10.9. The number of ether oxygens (including phenoxy) is 2. The lowest BCUT2D eigenvalue weighted by molar-refractivity contribution is 0.0520. The van der Waals surface area contributed by atoms with Crippen molar-refractivity contribution in [3.63, 3.8) is 0 Å². The number of esters is 1. The van der Waals surface area contributed by atoms with Gasteiger partial charge in [0.25, 0.3) is 0 Å². The summed E-state index contributed by atoms with van der Waals surface area (Å²) in [6.07, 6.45) is 6.35. The second-order valence-corrected chi connectivity index (χ2v) is 8.02. The number of rotatable bonds is 5. The molecule has 162 valence electrons. The van der Waals surface area contributed by atoms with Gasteiger partial charge in [0, 0.05) is 44.8 Å². The van der Waals surface area contributed by atoms with Crippen LogP contribution in [0.1, 0.15) is 41.5 Å². The molecule has 1 aromatic carbocycles. The van der Waals surface area contributed by atoms with Gasteiger partial charge in [-0.3, -0.25) is 4.90 Å². The predicted molar refractivity (Wildman–Crippen MR) is 117 cm³/mol. The zero-order valence-electron chi connectivity index (χ0n) is 18.0. The summed E-state index contributed by atoms with van der Waals surface area (Å²) < 4.78 is 12.6. The summed E-state index contributed by atoms with van der Waals surface area (Å²) >= 11 is 0. The number of fused-ring (bicyclic) bond motifs is 2. The van der Waals surface area contributed by atoms with Gasteiger partial charge in [-0.15, -0.1) is 0 Å². The summed E-state index contributed by atoms with van der Waals surface area (Å²) in [7, 11) is 0. The third kappa shape index (κ3) is 3.83. The Hall–Kier alpha value is -3.13. The summed E-state index contributed by atoms with van der Waals surface area (Å²) in [5, 5.41) is 0. The topological polar surface area (TPSA) is 72.2 Å². The standard InChI is InChI=1S/C23H27N5O3/c1-3-30-23(29)19-14-28-15-22(24-13-21(28)25-19)27-9-7-26(8-10-27)16(2)18-5-4-17-6-11-31-20(17)12-18/h4-5,12-16H,3,6-11H2,1-2H3. The van der Waals surface area contributed by atoms with E-state index < -0.39 is 5.97 Å². The highest BCUT2D eigenvalue weighted by atomic mass is 16.5. The highest BCUT2D eigenvalue weighted by molar-refractivity contribution is 5.87. The lowest BCUT2D eigenvalue weighted by atomic mass is 10.0. The van der Waals surface area contributed by atoms with Gasteiger partial charge in [-0.25, -0.2) is 14.8 Å². The molecule has 8 nitrogen and oxygen atoms in total. The van der Waals surface area contributed by atoms with E-state index in [9.17, 15) is 4.79 Å². The highest BCUT2D eigenvalue weighted by Gasteiger charge is 2.24. The second kappa shape index (κ2) is 8.19. The summed E-state index contributed by atoms with van der Waals surface area (Å²) in [5.74, 6) is 1.52. The van der Waals surface area contributed by atoms with Gasteiger partial charge in [-0.2, -0.15) is 0 Å². The fraction of sp³-hybridized carbons (Fsp3) is 0.435. The minimum Gasteiger partial charge on any atom is -0.493 e.